The molecule has 4 rings (SSSR count). The van der Waals surface area contributed by atoms with Crippen LogP contribution in [0.1, 0.15) is 83.6 Å². The van der Waals surface area contributed by atoms with Crippen LogP contribution in [0.5, 0.6) is 5.75 Å². The fourth-order valence-electron chi connectivity index (χ4n) is 5.30. The average Bonchev–Trinajstić information content (AvgIpc) is 3.03. The van der Waals surface area contributed by atoms with Gasteiger partial charge in [0, 0.05) is 5.56 Å². The maximum absolute atomic E-state index is 15.0. The third kappa shape index (κ3) is 9.74. The van der Waals surface area contributed by atoms with E-state index in [1.165, 1.54) is 24.6 Å². The van der Waals surface area contributed by atoms with Crippen LogP contribution in [0.25, 0.3) is 22.3 Å². The Labute approximate surface area is 262 Å². The van der Waals surface area contributed by atoms with Crippen molar-refractivity contribution in [1.82, 2.24) is 0 Å². The van der Waals surface area contributed by atoms with Crippen molar-refractivity contribution >= 4 is 0 Å². The van der Waals surface area contributed by atoms with Gasteiger partial charge in [0.1, 0.15) is 11.9 Å². The van der Waals surface area contributed by atoms with E-state index in [9.17, 15) is 22.0 Å². The van der Waals surface area contributed by atoms with Gasteiger partial charge in [-0.05, 0) is 60.2 Å². The summed E-state index contributed by atoms with van der Waals surface area (Å²) in [4.78, 5) is 0. The highest BCUT2D eigenvalue weighted by Gasteiger charge is 2.40. The SMILES string of the molecule is CCCCCCCCOc1ccc(-c2ccc(-c3ccc(C(F)(F)OC4COC(CCCCC)OC4)c(F)c3)cc2)c(F)c1F. The summed E-state index contributed by atoms with van der Waals surface area (Å²) in [6.07, 6.45) is 4.63. The van der Waals surface area contributed by atoms with Gasteiger partial charge in [0.05, 0.1) is 25.4 Å². The Bertz CT molecular complexity index is 1340. The molecule has 0 unspecified atom stereocenters. The third-order valence-electron chi connectivity index (χ3n) is 7.91. The maximum Gasteiger partial charge on any atom is 0.386 e. The van der Waals surface area contributed by atoms with Gasteiger partial charge in [-0.25, -0.2) is 8.78 Å². The van der Waals surface area contributed by atoms with Crippen molar-refractivity contribution in [3.05, 3.63) is 77.6 Å². The highest BCUT2D eigenvalue weighted by atomic mass is 19.3. The molecule has 45 heavy (non-hydrogen) atoms. The molecular weight excluding hydrogens is 591 g/mol. The van der Waals surface area contributed by atoms with Crippen LogP contribution in [0, 0.1) is 17.5 Å². The summed E-state index contributed by atoms with van der Waals surface area (Å²) < 4.78 is 95.8. The zero-order valence-corrected chi connectivity index (χ0v) is 26.1. The summed E-state index contributed by atoms with van der Waals surface area (Å²) in [5.41, 5.74) is 0.398. The molecule has 3 aromatic carbocycles. The normalized spacial score (nSPS) is 17.0. The van der Waals surface area contributed by atoms with Gasteiger partial charge < -0.3 is 18.9 Å². The van der Waals surface area contributed by atoms with Crippen molar-refractivity contribution in [1.29, 1.82) is 0 Å². The molecule has 0 atom stereocenters. The van der Waals surface area contributed by atoms with Crippen LogP contribution in [-0.2, 0) is 20.3 Å². The summed E-state index contributed by atoms with van der Waals surface area (Å²) in [5, 5.41) is 0. The molecule has 0 amide bonds. The number of hydrogen-bond donors (Lipinski definition) is 0. The molecule has 0 N–H and O–H groups in total. The smallest absolute Gasteiger partial charge is 0.386 e. The number of alkyl halides is 2. The first kappa shape index (κ1) is 34.9. The first-order valence-electron chi connectivity index (χ1n) is 16.0. The topological polar surface area (TPSA) is 36.9 Å². The number of hydrogen-bond acceptors (Lipinski definition) is 4. The zero-order valence-electron chi connectivity index (χ0n) is 26.1. The van der Waals surface area contributed by atoms with Gasteiger partial charge in [0.25, 0.3) is 0 Å². The zero-order chi connectivity index (χ0) is 32.2. The van der Waals surface area contributed by atoms with E-state index in [4.69, 9.17) is 18.9 Å². The molecule has 246 valence electrons. The quantitative estimate of drug-likeness (QED) is 0.109. The van der Waals surface area contributed by atoms with E-state index in [1.807, 2.05) is 0 Å². The van der Waals surface area contributed by atoms with E-state index in [1.54, 1.807) is 24.3 Å². The van der Waals surface area contributed by atoms with Crippen LogP contribution in [0.2, 0.25) is 0 Å². The van der Waals surface area contributed by atoms with E-state index >= 15 is 0 Å². The Kier molecular flexibility index (Phi) is 13.2. The van der Waals surface area contributed by atoms with E-state index in [0.29, 0.717) is 29.7 Å². The molecule has 9 heteroatoms. The van der Waals surface area contributed by atoms with Crippen molar-refractivity contribution in [2.45, 2.75) is 96.6 Å². The number of ether oxygens (including phenoxy) is 4. The summed E-state index contributed by atoms with van der Waals surface area (Å²) in [5.74, 6) is -3.35. The lowest BCUT2D eigenvalue weighted by molar-refractivity contribution is -0.319. The molecule has 4 nitrogen and oxygen atoms in total. The second kappa shape index (κ2) is 17.1. The Balaban J connectivity index is 1.35. The van der Waals surface area contributed by atoms with E-state index in [0.717, 1.165) is 63.5 Å². The number of halogens is 5. The number of unbranched alkanes of at least 4 members (excludes halogenated alkanes) is 7. The highest BCUT2D eigenvalue weighted by molar-refractivity contribution is 5.71. The second-order valence-electron chi connectivity index (χ2n) is 11.5. The molecule has 1 heterocycles. The van der Waals surface area contributed by atoms with E-state index < -0.39 is 41.5 Å². The standard InChI is InChI=1S/C36H43F5O4/c1-3-5-7-8-9-11-21-42-32-20-18-29(34(38)35(32)39)26-15-13-25(14-16-26)27-17-19-30(31(37)22-27)36(40,41)45-28-23-43-33(44-24-28)12-10-6-4-2/h13-20,22,28,33H,3-12,21,23-24H2,1-2H3. The summed E-state index contributed by atoms with van der Waals surface area (Å²) >= 11 is 0. The first-order chi connectivity index (χ1) is 21.7. The molecule has 0 saturated carbocycles. The van der Waals surface area contributed by atoms with Crippen molar-refractivity contribution in [2.24, 2.45) is 0 Å². The van der Waals surface area contributed by atoms with Crippen LogP contribution in [0.15, 0.2) is 54.6 Å². The van der Waals surface area contributed by atoms with E-state index in [-0.39, 0.29) is 24.5 Å². The molecule has 0 radical (unpaired) electrons. The predicted molar refractivity (Wildman–Crippen MR) is 165 cm³/mol. The van der Waals surface area contributed by atoms with Crippen LogP contribution >= 0.6 is 0 Å². The van der Waals surface area contributed by atoms with Crippen molar-refractivity contribution in [3.8, 4) is 28.0 Å². The largest absolute Gasteiger partial charge is 0.490 e. The molecular formula is C36H43F5O4. The average molecular weight is 635 g/mol. The first-order valence-corrected chi connectivity index (χ1v) is 16.0. The van der Waals surface area contributed by atoms with Gasteiger partial charge in [0.15, 0.2) is 17.9 Å². The molecule has 1 fully saturated rings. The van der Waals surface area contributed by atoms with Crippen LogP contribution in [-0.4, -0.2) is 32.2 Å². The van der Waals surface area contributed by atoms with E-state index in [2.05, 4.69) is 13.8 Å². The molecule has 0 spiro atoms. The van der Waals surface area contributed by atoms with Crippen molar-refractivity contribution < 1.29 is 40.9 Å². The molecule has 1 saturated heterocycles. The lowest BCUT2D eigenvalue weighted by Gasteiger charge is -2.31. The minimum absolute atomic E-state index is 0.0484. The minimum Gasteiger partial charge on any atom is -0.490 e. The van der Waals surface area contributed by atoms with Crippen molar-refractivity contribution in [2.75, 3.05) is 19.8 Å². The highest BCUT2D eigenvalue weighted by Crippen LogP contribution is 2.36. The fraction of sp³-hybridized carbons (Fsp3) is 0.500. The Morgan fingerprint density at radius 1 is 0.711 bits per heavy atom. The molecule has 1 aliphatic rings. The van der Waals surface area contributed by atoms with Gasteiger partial charge in [-0.15, -0.1) is 0 Å². The maximum atomic E-state index is 15.0. The molecule has 3 aromatic rings. The van der Waals surface area contributed by atoms with Gasteiger partial charge in [-0.2, -0.15) is 13.2 Å². The Morgan fingerprint density at radius 3 is 2.02 bits per heavy atom. The molecule has 0 aliphatic carbocycles. The molecule has 1 aliphatic heterocycles. The van der Waals surface area contributed by atoms with Crippen LogP contribution in [0.4, 0.5) is 22.0 Å². The van der Waals surface area contributed by atoms with Gasteiger partial charge in [-0.1, -0.05) is 89.1 Å². The Hall–Kier alpha value is -3.01. The van der Waals surface area contributed by atoms with Crippen LogP contribution < -0.4 is 4.74 Å². The lowest BCUT2D eigenvalue weighted by atomic mass is 9.98. The molecule has 0 aromatic heterocycles. The third-order valence-corrected chi connectivity index (χ3v) is 7.91. The summed E-state index contributed by atoms with van der Waals surface area (Å²) in [6.45, 7) is 4.40. The van der Waals surface area contributed by atoms with Gasteiger partial charge >= 0.3 is 6.11 Å². The Morgan fingerprint density at radius 2 is 1.33 bits per heavy atom. The number of benzene rings is 3. The molecule has 0 bridgehead atoms. The second-order valence-corrected chi connectivity index (χ2v) is 11.5. The van der Waals surface area contributed by atoms with Gasteiger partial charge in [-0.3, -0.25) is 0 Å². The number of rotatable bonds is 17. The minimum atomic E-state index is -3.90. The monoisotopic (exact) mass is 634 g/mol. The fourth-order valence-corrected chi connectivity index (χ4v) is 5.30. The lowest BCUT2D eigenvalue weighted by Crippen LogP contribution is -2.40. The van der Waals surface area contributed by atoms with Gasteiger partial charge in [0.2, 0.25) is 5.82 Å². The summed E-state index contributed by atoms with van der Waals surface area (Å²) in [7, 11) is 0. The summed E-state index contributed by atoms with van der Waals surface area (Å²) in [6, 6.07) is 12.5. The van der Waals surface area contributed by atoms with Crippen molar-refractivity contribution in [3.63, 3.8) is 0 Å². The predicted octanol–water partition coefficient (Wildman–Crippen LogP) is 10.6. The van der Waals surface area contributed by atoms with Crippen LogP contribution in [0.3, 0.4) is 0 Å².